The van der Waals surface area contributed by atoms with Crippen LogP contribution in [0.4, 0.5) is 0 Å². The van der Waals surface area contributed by atoms with Gasteiger partial charge in [0.05, 0.1) is 12.1 Å². The van der Waals surface area contributed by atoms with E-state index in [1.807, 2.05) is 24.3 Å². The van der Waals surface area contributed by atoms with Crippen molar-refractivity contribution in [2.45, 2.75) is 25.9 Å². The molecule has 0 heterocycles. The highest BCUT2D eigenvalue weighted by Gasteiger charge is 2.26. The Morgan fingerprint density at radius 1 is 0.708 bits per heavy atom. The van der Waals surface area contributed by atoms with Crippen molar-refractivity contribution in [2.75, 3.05) is 0 Å². The molecule has 0 bridgehead atoms. The third-order valence-electron chi connectivity index (χ3n) is 3.51. The summed E-state index contributed by atoms with van der Waals surface area (Å²) in [4.78, 5) is 23.4. The Labute approximate surface area is 151 Å². The number of nitrogens with one attached hydrogen (secondary N) is 2. The monoisotopic (exact) mass is 364 g/mol. The minimum Gasteiger partial charge on any atom is -0.347 e. The number of rotatable bonds is 5. The Hall–Kier alpha value is -2.04. The lowest BCUT2D eigenvalue weighted by atomic mass is 9.93. The molecule has 0 aliphatic rings. The molecule has 4 nitrogen and oxygen atoms in total. The summed E-state index contributed by atoms with van der Waals surface area (Å²) in [6.07, 6.45) is 0. The molecule has 2 atom stereocenters. The summed E-state index contributed by atoms with van der Waals surface area (Å²) in [5.74, 6) is -0.390. The molecule has 2 N–H and O–H groups in total. The van der Waals surface area contributed by atoms with E-state index in [9.17, 15) is 9.59 Å². The van der Waals surface area contributed by atoms with Crippen molar-refractivity contribution < 1.29 is 9.59 Å². The second kappa shape index (κ2) is 8.18. The normalized spacial score (nSPS) is 13.0. The van der Waals surface area contributed by atoms with Crippen molar-refractivity contribution in [3.05, 3.63) is 69.7 Å². The molecule has 0 aliphatic carbocycles. The Balaban J connectivity index is 2.46. The molecule has 2 rings (SSSR count). The quantitative estimate of drug-likeness (QED) is 0.840. The third kappa shape index (κ3) is 4.98. The van der Waals surface area contributed by atoms with Gasteiger partial charge in [0.2, 0.25) is 11.8 Å². The smallest absolute Gasteiger partial charge is 0.217 e. The molecule has 0 saturated carbocycles. The van der Waals surface area contributed by atoms with Crippen LogP contribution in [0.1, 0.15) is 37.1 Å². The molecule has 6 heteroatoms. The fourth-order valence-corrected chi connectivity index (χ4v) is 2.75. The summed E-state index contributed by atoms with van der Waals surface area (Å²) in [6.45, 7) is 2.88. The summed E-state index contributed by atoms with van der Waals surface area (Å²) in [5, 5.41) is 7.01. The summed E-state index contributed by atoms with van der Waals surface area (Å²) in [6, 6.07) is 13.4. The molecule has 126 valence electrons. The standard InChI is InChI=1S/C18H18Cl2N2O2/c1-11(23)21-17(13-3-7-15(19)8-4-13)18(22-12(2)24)14-5-9-16(20)10-6-14/h3-10,17-18H,1-2H3,(H,21,23)(H,22,24)/t17-,18-/m1/s1. The van der Waals surface area contributed by atoms with Gasteiger partial charge in [-0.1, -0.05) is 47.5 Å². The number of hydrogen-bond acceptors (Lipinski definition) is 2. The number of amides is 2. The highest BCUT2D eigenvalue weighted by atomic mass is 35.5. The van der Waals surface area contributed by atoms with Crippen LogP contribution in [0.15, 0.2) is 48.5 Å². The van der Waals surface area contributed by atoms with Crippen molar-refractivity contribution in [3.8, 4) is 0 Å². The molecule has 0 saturated heterocycles. The molecule has 2 aromatic rings. The molecular weight excluding hydrogens is 347 g/mol. The maximum atomic E-state index is 11.7. The lowest BCUT2D eigenvalue weighted by Gasteiger charge is -2.29. The third-order valence-corrected chi connectivity index (χ3v) is 4.01. The fraction of sp³-hybridized carbons (Fsp3) is 0.222. The van der Waals surface area contributed by atoms with Crippen molar-refractivity contribution in [1.29, 1.82) is 0 Å². The van der Waals surface area contributed by atoms with Gasteiger partial charge in [0, 0.05) is 23.9 Å². The summed E-state index contributed by atoms with van der Waals surface area (Å²) < 4.78 is 0. The fourth-order valence-electron chi connectivity index (χ4n) is 2.50. The van der Waals surface area contributed by atoms with E-state index in [1.54, 1.807) is 24.3 Å². The number of carbonyl (C=O) groups is 2. The van der Waals surface area contributed by atoms with E-state index in [4.69, 9.17) is 23.2 Å². The predicted octanol–water partition coefficient (Wildman–Crippen LogP) is 4.05. The van der Waals surface area contributed by atoms with Gasteiger partial charge in [-0.2, -0.15) is 0 Å². The number of halogens is 2. The molecular formula is C18H18Cl2N2O2. The second-order valence-electron chi connectivity index (χ2n) is 5.46. The second-order valence-corrected chi connectivity index (χ2v) is 6.33. The van der Waals surface area contributed by atoms with E-state index in [-0.39, 0.29) is 11.8 Å². The Bertz CT molecular complexity index is 651. The van der Waals surface area contributed by atoms with Crippen LogP contribution in [0, 0.1) is 0 Å². The van der Waals surface area contributed by atoms with Gasteiger partial charge in [0.15, 0.2) is 0 Å². The van der Waals surface area contributed by atoms with E-state index < -0.39 is 12.1 Å². The van der Waals surface area contributed by atoms with Gasteiger partial charge in [-0.25, -0.2) is 0 Å². The van der Waals surface area contributed by atoms with E-state index in [0.717, 1.165) is 11.1 Å². The number of carbonyl (C=O) groups excluding carboxylic acids is 2. The van der Waals surface area contributed by atoms with Gasteiger partial charge in [0.25, 0.3) is 0 Å². The first kappa shape index (κ1) is 18.3. The molecule has 24 heavy (non-hydrogen) atoms. The minimum atomic E-state index is -0.440. The average molecular weight is 365 g/mol. The van der Waals surface area contributed by atoms with E-state index in [1.165, 1.54) is 13.8 Å². The summed E-state index contributed by atoms with van der Waals surface area (Å²) in [7, 11) is 0. The summed E-state index contributed by atoms with van der Waals surface area (Å²) >= 11 is 11.9. The molecule has 2 amide bonds. The van der Waals surface area contributed by atoms with Crippen LogP contribution in [0.25, 0.3) is 0 Å². The van der Waals surface area contributed by atoms with Gasteiger partial charge in [0.1, 0.15) is 0 Å². The van der Waals surface area contributed by atoms with Crippen LogP contribution in [0.5, 0.6) is 0 Å². The minimum absolute atomic E-state index is 0.195. The molecule has 2 aromatic carbocycles. The van der Waals surface area contributed by atoms with Crippen LogP contribution < -0.4 is 10.6 Å². The zero-order valence-corrected chi connectivity index (χ0v) is 14.9. The van der Waals surface area contributed by atoms with Crippen LogP contribution in [-0.2, 0) is 9.59 Å². The lowest BCUT2D eigenvalue weighted by molar-refractivity contribution is -0.122. The highest BCUT2D eigenvalue weighted by molar-refractivity contribution is 6.30. The zero-order chi connectivity index (χ0) is 17.7. The maximum absolute atomic E-state index is 11.7. The molecule has 0 fully saturated rings. The van der Waals surface area contributed by atoms with Crippen LogP contribution in [0.2, 0.25) is 10.0 Å². The lowest BCUT2D eigenvalue weighted by Crippen LogP contribution is -2.39. The topological polar surface area (TPSA) is 58.2 Å². The van der Waals surface area contributed by atoms with Crippen molar-refractivity contribution >= 4 is 35.0 Å². The number of hydrogen-bond donors (Lipinski definition) is 2. The van der Waals surface area contributed by atoms with E-state index in [0.29, 0.717) is 10.0 Å². The molecule has 0 unspecified atom stereocenters. The van der Waals surface area contributed by atoms with Crippen LogP contribution in [0.3, 0.4) is 0 Å². The van der Waals surface area contributed by atoms with Gasteiger partial charge in [-0.05, 0) is 35.4 Å². The van der Waals surface area contributed by atoms with E-state index >= 15 is 0 Å². The van der Waals surface area contributed by atoms with Gasteiger partial charge >= 0.3 is 0 Å². The molecule has 0 aliphatic heterocycles. The average Bonchev–Trinajstić information content (AvgIpc) is 2.52. The predicted molar refractivity (Wildman–Crippen MR) is 96.0 cm³/mol. The van der Waals surface area contributed by atoms with Crippen LogP contribution in [-0.4, -0.2) is 11.8 Å². The molecule has 0 spiro atoms. The van der Waals surface area contributed by atoms with Crippen molar-refractivity contribution in [1.82, 2.24) is 10.6 Å². The highest BCUT2D eigenvalue weighted by Crippen LogP contribution is 2.30. The van der Waals surface area contributed by atoms with E-state index in [2.05, 4.69) is 10.6 Å². The Kier molecular flexibility index (Phi) is 6.23. The first-order chi connectivity index (χ1) is 11.4. The molecule has 0 radical (unpaired) electrons. The van der Waals surface area contributed by atoms with Crippen LogP contribution >= 0.6 is 23.2 Å². The van der Waals surface area contributed by atoms with Gasteiger partial charge < -0.3 is 10.6 Å². The molecule has 0 aromatic heterocycles. The van der Waals surface area contributed by atoms with Gasteiger partial charge in [-0.15, -0.1) is 0 Å². The SMILES string of the molecule is CC(=O)N[C@H](c1ccc(Cl)cc1)[C@H](NC(C)=O)c1ccc(Cl)cc1. The Morgan fingerprint density at radius 2 is 1.00 bits per heavy atom. The largest absolute Gasteiger partial charge is 0.347 e. The zero-order valence-electron chi connectivity index (χ0n) is 13.3. The van der Waals surface area contributed by atoms with Gasteiger partial charge in [-0.3, -0.25) is 9.59 Å². The number of benzene rings is 2. The van der Waals surface area contributed by atoms with Crippen molar-refractivity contribution in [3.63, 3.8) is 0 Å². The van der Waals surface area contributed by atoms with Crippen molar-refractivity contribution in [2.24, 2.45) is 0 Å². The first-order valence-corrected chi connectivity index (χ1v) is 8.17. The Morgan fingerprint density at radius 3 is 1.25 bits per heavy atom. The summed E-state index contributed by atoms with van der Waals surface area (Å²) in [5.41, 5.74) is 1.67. The maximum Gasteiger partial charge on any atom is 0.217 e. The first-order valence-electron chi connectivity index (χ1n) is 7.42.